The van der Waals surface area contributed by atoms with Crippen LogP contribution in [0.1, 0.15) is 29.5 Å². The maximum Gasteiger partial charge on any atom is 0.0829 e. The van der Waals surface area contributed by atoms with Crippen molar-refractivity contribution in [2.75, 3.05) is 6.61 Å². The topological polar surface area (TPSA) is 9.23 Å². The number of hydrogen-bond donors (Lipinski definition) is 0. The van der Waals surface area contributed by atoms with Gasteiger partial charge in [0, 0.05) is 16.0 Å². The summed E-state index contributed by atoms with van der Waals surface area (Å²) < 4.78 is 7.00. The first-order chi connectivity index (χ1) is 6.63. The molecule has 2 atom stereocenters. The van der Waals surface area contributed by atoms with Crippen molar-refractivity contribution in [3.05, 3.63) is 20.8 Å². The molecule has 0 N–H and O–H groups in total. The van der Waals surface area contributed by atoms with Crippen LogP contribution in [0.15, 0.2) is 15.9 Å². The fourth-order valence-corrected chi connectivity index (χ4v) is 4.72. The normalized spacial score (nSPS) is 29.4. The molecule has 2 unspecified atom stereocenters. The minimum absolute atomic E-state index is 0.0344. The van der Waals surface area contributed by atoms with Gasteiger partial charge in [0.05, 0.1) is 10.4 Å². The summed E-state index contributed by atoms with van der Waals surface area (Å²) in [6.45, 7) is 3.08. The van der Waals surface area contributed by atoms with Gasteiger partial charge in [0.2, 0.25) is 0 Å². The predicted octanol–water partition coefficient (Wildman–Crippen LogP) is 4.52. The van der Waals surface area contributed by atoms with Crippen LogP contribution in [-0.4, -0.2) is 12.2 Å². The van der Waals surface area contributed by atoms with E-state index < -0.39 is 0 Å². The molecule has 78 valence electrons. The van der Waals surface area contributed by atoms with Crippen LogP contribution in [0.25, 0.3) is 0 Å². The summed E-state index contributed by atoms with van der Waals surface area (Å²) in [5.41, 5.74) is -0.0344. The van der Waals surface area contributed by atoms with E-state index in [2.05, 4.69) is 50.2 Å². The molecule has 4 heteroatoms. The molecule has 1 nitrogen and oxygen atoms in total. The number of alkyl halides is 1. The number of halogens is 2. The first kappa shape index (κ1) is 11.1. The summed E-state index contributed by atoms with van der Waals surface area (Å²) in [5.74, 6) is 0. The van der Waals surface area contributed by atoms with E-state index in [1.165, 1.54) is 15.8 Å². The molecular formula is C10H12Br2OS. The zero-order valence-electron chi connectivity index (χ0n) is 7.93. The lowest BCUT2D eigenvalue weighted by Gasteiger charge is -2.28. The Morgan fingerprint density at radius 1 is 1.64 bits per heavy atom. The van der Waals surface area contributed by atoms with E-state index in [1.807, 2.05) is 0 Å². The second kappa shape index (κ2) is 4.24. The van der Waals surface area contributed by atoms with Gasteiger partial charge in [0.1, 0.15) is 0 Å². The molecule has 0 radical (unpaired) electrons. The van der Waals surface area contributed by atoms with E-state index >= 15 is 0 Å². The van der Waals surface area contributed by atoms with Crippen molar-refractivity contribution in [3.8, 4) is 0 Å². The van der Waals surface area contributed by atoms with Crippen molar-refractivity contribution in [1.82, 2.24) is 0 Å². The number of rotatable bonds is 2. The Hall–Kier alpha value is 0.620. The third kappa shape index (κ3) is 1.94. The molecule has 0 aliphatic carbocycles. The standard InChI is InChI=1S/C10H12Br2OS/c1-10(4-2-5-13-10)9(12)8-7(11)3-6-14-8/h3,6,9H,2,4-5H2,1H3. The number of hydrogen-bond acceptors (Lipinski definition) is 2. The Morgan fingerprint density at radius 3 is 2.93 bits per heavy atom. The van der Waals surface area contributed by atoms with Gasteiger partial charge in [-0.25, -0.2) is 0 Å². The predicted molar refractivity (Wildman–Crippen MR) is 67.3 cm³/mol. The highest BCUT2D eigenvalue weighted by Gasteiger charge is 2.39. The third-order valence-corrected chi connectivity index (χ3v) is 6.33. The zero-order chi connectivity index (χ0) is 10.2. The quantitative estimate of drug-likeness (QED) is 0.720. The van der Waals surface area contributed by atoms with Crippen LogP contribution in [0.5, 0.6) is 0 Å². The monoisotopic (exact) mass is 338 g/mol. The smallest absolute Gasteiger partial charge is 0.0829 e. The van der Waals surface area contributed by atoms with Crippen LogP contribution in [0.4, 0.5) is 0 Å². The van der Waals surface area contributed by atoms with Crippen molar-refractivity contribution >= 4 is 43.2 Å². The largest absolute Gasteiger partial charge is 0.374 e. The van der Waals surface area contributed by atoms with Gasteiger partial charge in [0.25, 0.3) is 0 Å². The molecule has 1 saturated heterocycles. The molecule has 2 heterocycles. The maximum atomic E-state index is 5.82. The molecule has 0 amide bonds. The van der Waals surface area contributed by atoms with Gasteiger partial charge in [-0.2, -0.15) is 0 Å². The van der Waals surface area contributed by atoms with Gasteiger partial charge in [0.15, 0.2) is 0 Å². The fraction of sp³-hybridized carbons (Fsp3) is 0.600. The van der Waals surface area contributed by atoms with E-state index in [4.69, 9.17) is 4.74 Å². The second-order valence-corrected chi connectivity index (χ2v) is 6.48. The Balaban J connectivity index is 2.23. The summed E-state index contributed by atoms with van der Waals surface area (Å²) >= 11 is 9.09. The minimum atomic E-state index is -0.0344. The van der Waals surface area contributed by atoms with E-state index in [1.54, 1.807) is 11.3 Å². The van der Waals surface area contributed by atoms with Gasteiger partial charge in [-0.05, 0) is 47.1 Å². The van der Waals surface area contributed by atoms with Crippen LogP contribution < -0.4 is 0 Å². The Labute approximate surface area is 105 Å². The van der Waals surface area contributed by atoms with Crippen molar-refractivity contribution < 1.29 is 4.74 Å². The molecule has 0 spiro atoms. The SMILES string of the molecule is CC1(C(Br)c2sccc2Br)CCCO1. The second-order valence-electron chi connectivity index (χ2n) is 3.76. The summed E-state index contributed by atoms with van der Waals surface area (Å²) in [5, 5.41) is 2.10. The van der Waals surface area contributed by atoms with Crippen LogP contribution >= 0.6 is 43.2 Å². The molecule has 1 aliphatic rings. The van der Waals surface area contributed by atoms with Crippen molar-refractivity contribution in [3.63, 3.8) is 0 Å². The number of ether oxygens (including phenoxy) is 1. The average Bonchev–Trinajstić information content (AvgIpc) is 2.74. The van der Waals surface area contributed by atoms with Gasteiger partial charge >= 0.3 is 0 Å². The van der Waals surface area contributed by atoms with Crippen LogP contribution in [0.3, 0.4) is 0 Å². The Kier molecular flexibility index (Phi) is 3.37. The minimum Gasteiger partial charge on any atom is -0.374 e. The highest BCUT2D eigenvalue weighted by Crippen LogP contribution is 2.46. The van der Waals surface area contributed by atoms with E-state index in [-0.39, 0.29) is 5.60 Å². The lowest BCUT2D eigenvalue weighted by Crippen LogP contribution is -2.28. The van der Waals surface area contributed by atoms with Crippen molar-refractivity contribution in [2.45, 2.75) is 30.2 Å². The van der Waals surface area contributed by atoms with E-state index in [0.29, 0.717) is 4.83 Å². The molecule has 1 aromatic heterocycles. The maximum absolute atomic E-state index is 5.82. The van der Waals surface area contributed by atoms with E-state index in [9.17, 15) is 0 Å². The molecule has 1 fully saturated rings. The molecule has 0 aromatic carbocycles. The van der Waals surface area contributed by atoms with Crippen LogP contribution in [0, 0.1) is 0 Å². The Bertz CT molecular complexity index is 318. The van der Waals surface area contributed by atoms with Gasteiger partial charge in [-0.3, -0.25) is 0 Å². The highest BCUT2D eigenvalue weighted by molar-refractivity contribution is 9.11. The summed E-state index contributed by atoms with van der Waals surface area (Å²) in [7, 11) is 0. The molecule has 1 aromatic rings. The first-order valence-electron chi connectivity index (χ1n) is 4.64. The lowest BCUT2D eigenvalue weighted by atomic mass is 9.98. The number of thiophene rings is 1. The summed E-state index contributed by atoms with van der Waals surface area (Å²) in [6, 6.07) is 2.09. The van der Waals surface area contributed by atoms with Crippen LogP contribution in [0.2, 0.25) is 0 Å². The van der Waals surface area contributed by atoms with Crippen molar-refractivity contribution in [1.29, 1.82) is 0 Å². The molecule has 14 heavy (non-hydrogen) atoms. The van der Waals surface area contributed by atoms with Gasteiger partial charge in [-0.1, -0.05) is 15.9 Å². The fourth-order valence-electron chi connectivity index (χ4n) is 1.76. The van der Waals surface area contributed by atoms with Gasteiger partial charge in [-0.15, -0.1) is 11.3 Å². The first-order valence-corrected chi connectivity index (χ1v) is 7.23. The zero-order valence-corrected chi connectivity index (χ0v) is 11.9. The van der Waals surface area contributed by atoms with Gasteiger partial charge < -0.3 is 4.74 Å². The average molecular weight is 340 g/mol. The highest BCUT2D eigenvalue weighted by atomic mass is 79.9. The molecule has 0 bridgehead atoms. The third-order valence-electron chi connectivity index (χ3n) is 2.66. The summed E-state index contributed by atoms with van der Waals surface area (Å²) in [4.78, 5) is 1.63. The van der Waals surface area contributed by atoms with Crippen LogP contribution in [-0.2, 0) is 4.74 Å². The lowest BCUT2D eigenvalue weighted by molar-refractivity contribution is 0.0203. The van der Waals surface area contributed by atoms with E-state index in [0.717, 1.165) is 13.0 Å². The molecule has 2 rings (SSSR count). The molecule has 1 aliphatic heterocycles. The molecular weight excluding hydrogens is 328 g/mol. The summed E-state index contributed by atoms with van der Waals surface area (Å²) in [6.07, 6.45) is 2.30. The Morgan fingerprint density at radius 2 is 2.43 bits per heavy atom. The molecule has 0 saturated carbocycles. The van der Waals surface area contributed by atoms with Crippen molar-refractivity contribution in [2.24, 2.45) is 0 Å².